The minimum atomic E-state index is -0.741. The minimum Gasteiger partial charge on any atom is -0.494 e. The summed E-state index contributed by atoms with van der Waals surface area (Å²) in [5, 5.41) is 12.8. The summed E-state index contributed by atoms with van der Waals surface area (Å²) in [5.74, 6) is 1.99. The Bertz CT molecular complexity index is 894. The highest BCUT2D eigenvalue weighted by atomic mass is 35.5. The van der Waals surface area contributed by atoms with Crippen LogP contribution in [0.2, 0.25) is 5.02 Å². The fraction of sp³-hybridized carbons (Fsp3) is 0.542. The quantitative estimate of drug-likeness (QED) is 0.453. The number of hydrogen-bond acceptors (Lipinski definition) is 7. The first kappa shape index (κ1) is 25.2. The number of nitrogens with two attached hydrogens (primary N) is 1. The van der Waals surface area contributed by atoms with Crippen LogP contribution >= 0.6 is 11.6 Å². The second kappa shape index (κ2) is 12.2. The van der Waals surface area contributed by atoms with Gasteiger partial charge < -0.3 is 25.8 Å². The summed E-state index contributed by atoms with van der Waals surface area (Å²) in [5.41, 5.74) is 7.70. The van der Waals surface area contributed by atoms with Crippen molar-refractivity contribution in [3.8, 4) is 5.75 Å². The summed E-state index contributed by atoms with van der Waals surface area (Å²) in [6, 6.07) is 3.79. The molecule has 9 heteroatoms. The summed E-state index contributed by atoms with van der Waals surface area (Å²) in [6.07, 6.45) is 6.88. The SMILES string of the molecule is Cc1cc(OCCCC2CCN(c3ncc(Cl)cn3)CC2)cc(C)c1C(=O)NC[C@H](O)CN. The van der Waals surface area contributed by atoms with Gasteiger partial charge in [0.15, 0.2) is 0 Å². The standard InChI is InChI=1S/C24H34ClN5O3/c1-16-10-21(11-17(2)22(16)23(32)27-15-20(31)12-26)33-9-3-4-18-5-7-30(8-6-18)24-28-13-19(25)14-29-24/h10-11,13-14,18,20,31H,3-9,12,15,26H2,1-2H3,(H,27,32)/t20-/m1/s1. The molecule has 2 heterocycles. The molecule has 33 heavy (non-hydrogen) atoms. The molecular formula is C24H34ClN5O3. The first-order valence-electron chi connectivity index (χ1n) is 11.5. The van der Waals surface area contributed by atoms with Crippen LogP contribution in [0.25, 0.3) is 0 Å². The number of ether oxygens (including phenoxy) is 1. The number of aromatic nitrogens is 2. The maximum atomic E-state index is 12.5. The lowest BCUT2D eigenvalue weighted by molar-refractivity contribution is 0.0919. The van der Waals surface area contributed by atoms with E-state index in [1.807, 2.05) is 26.0 Å². The van der Waals surface area contributed by atoms with Crippen LogP contribution in [0.4, 0.5) is 5.95 Å². The molecule has 0 unspecified atom stereocenters. The fourth-order valence-corrected chi connectivity index (χ4v) is 4.30. The topological polar surface area (TPSA) is 114 Å². The van der Waals surface area contributed by atoms with Crippen LogP contribution in [0.3, 0.4) is 0 Å². The number of benzene rings is 1. The van der Waals surface area contributed by atoms with Crippen LogP contribution in [-0.4, -0.2) is 59.9 Å². The van der Waals surface area contributed by atoms with Crippen molar-refractivity contribution in [2.45, 2.75) is 45.6 Å². The molecule has 1 aromatic heterocycles. The number of carbonyl (C=O) groups is 1. The van der Waals surface area contributed by atoms with Crippen molar-refractivity contribution >= 4 is 23.5 Å². The molecule has 1 saturated heterocycles. The van der Waals surface area contributed by atoms with Gasteiger partial charge in [0.05, 0.1) is 30.1 Å². The average molecular weight is 476 g/mol. The molecule has 0 aliphatic carbocycles. The van der Waals surface area contributed by atoms with Gasteiger partial charge in [0.2, 0.25) is 5.95 Å². The molecule has 3 rings (SSSR count). The van der Waals surface area contributed by atoms with Gasteiger partial charge >= 0.3 is 0 Å². The Morgan fingerprint density at radius 1 is 1.27 bits per heavy atom. The molecule has 1 atom stereocenters. The number of aliphatic hydroxyl groups is 1. The van der Waals surface area contributed by atoms with E-state index < -0.39 is 6.10 Å². The lowest BCUT2D eigenvalue weighted by Gasteiger charge is -2.32. The third-order valence-electron chi connectivity index (χ3n) is 6.03. The summed E-state index contributed by atoms with van der Waals surface area (Å²) >= 11 is 5.87. The Morgan fingerprint density at radius 3 is 2.52 bits per heavy atom. The highest BCUT2D eigenvalue weighted by Crippen LogP contribution is 2.26. The summed E-state index contributed by atoms with van der Waals surface area (Å²) in [6.45, 7) is 6.60. The number of amides is 1. The second-order valence-electron chi connectivity index (χ2n) is 8.65. The molecule has 0 radical (unpaired) electrons. The monoisotopic (exact) mass is 475 g/mol. The minimum absolute atomic E-state index is 0.112. The zero-order valence-corrected chi connectivity index (χ0v) is 20.1. The lowest BCUT2D eigenvalue weighted by atomic mass is 9.92. The van der Waals surface area contributed by atoms with Gasteiger partial charge in [-0.3, -0.25) is 4.79 Å². The summed E-state index contributed by atoms with van der Waals surface area (Å²) in [4.78, 5) is 23.3. The Hall–Kier alpha value is -2.42. The van der Waals surface area contributed by atoms with E-state index in [1.54, 1.807) is 12.4 Å². The van der Waals surface area contributed by atoms with E-state index in [-0.39, 0.29) is 19.0 Å². The number of nitrogens with zero attached hydrogens (tertiary/aromatic N) is 3. The number of hydrogen-bond donors (Lipinski definition) is 3. The molecule has 1 fully saturated rings. The van der Waals surface area contributed by atoms with Gasteiger partial charge in [0.1, 0.15) is 5.75 Å². The lowest BCUT2D eigenvalue weighted by Crippen LogP contribution is -2.36. The Kier molecular flexibility index (Phi) is 9.29. The normalized spacial score (nSPS) is 15.4. The summed E-state index contributed by atoms with van der Waals surface area (Å²) in [7, 11) is 0. The largest absolute Gasteiger partial charge is 0.494 e. The van der Waals surface area contributed by atoms with E-state index in [2.05, 4.69) is 20.2 Å². The maximum absolute atomic E-state index is 12.5. The molecule has 0 saturated carbocycles. The Labute approximate surface area is 200 Å². The fourth-order valence-electron chi connectivity index (χ4n) is 4.20. The van der Waals surface area contributed by atoms with Crippen LogP contribution in [0.15, 0.2) is 24.5 Å². The van der Waals surface area contributed by atoms with E-state index in [9.17, 15) is 9.90 Å². The number of piperidine rings is 1. The van der Waals surface area contributed by atoms with Crippen LogP contribution in [0, 0.1) is 19.8 Å². The van der Waals surface area contributed by atoms with Crippen LogP contribution < -0.4 is 20.7 Å². The van der Waals surface area contributed by atoms with Crippen molar-refractivity contribution in [1.82, 2.24) is 15.3 Å². The number of aliphatic hydroxyl groups excluding tert-OH is 1. The van der Waals surface area contributed by atoms with E-state index in [0.717, 1.165) is 61.6 Å². The second-order valence-corrected chi connectivity index (χ2v) is 9.09. The highest BCUT2D eigenvalue weighted by molar-refractivity contribution is 6.30. The number of halogens is 1. The third-order valence-corrected chi connectivity index (χ3v) is 6.23. The van der Waals surface area contributed by atoms with Crippen molar-refractivity contribution in [2.75, 3.05) is 37.7 Å². The number of anilines is 1. The first-order chi connectivity index (χ1) is 15.9. The van der Waals surface area contributed by atoms with Crippen molar-refractivity contribution in [3.05, 3.63) is 46.2 Å². The molecule has 0 spiro atoms. The molecule has 1 aliphatic heterocycles. The number of carbonyl (C=O) groups excluding carboxylic acids is 1. The zero-order chi connectivity index (χ0) is 23.8. The predicted octanol–water partition coefficient (Wildman–Crippen LogP) is 2.87. The Morgan fingerprint density at radius 2 is 1.91 bits per heavy atom. The van der Waals surface area contributed by atoms with Crippen LogP contribution in [-0.2, 0) is 0 Å². The van der Waals surface area contributed by atoms with Crippen molar-refractivity contribution in [2.24, 2.45) is 11.7 Å². The van der Waals surface area contributed by atoms with Gasteiger partial charge in [0.25, 0.3) is 5.91 Å². The van der Waals surface area contributed by atoms with Gasteiger partial charge in [-0.1, -0.05) is 11.6 Å². The molecule has 8 nitrogen and oxygen atoms in total. The van der Waals surface area contributed by atoms with E-state index in [4.69, 9.17) is 22.1 Å². The first-order valence-corrected chi connectivity index (χ1v) is 11.9. The Balaban J connectivity index is 1.41. The van der Waals surface area contributed by atoms with Gasteiger partial charge in [0, 0.05) is 31.7 Å². The number of aryl methyl sites for hydroxylation is 2. The van der Waals surface area contributed by atoms with E-state index in [0.29, 0.717) is 23.1 Å². The van der Waals surface area contributed by atoms with Crippen LogP contribution in [0.5, 0.6) is 5.75 Å². The van der Waals surface area contributed by atoms with Gasteiger partial charge in [-0.25, -0.2) is 9.97 Å². The molecule has 1 aliphatic rings. The number of rotatable bonds is 10. The molecule has 1 amide bonds. The van der Waals surface area contributed by atoms with Gasteiger partial charge in [-0.15, -0.1) is 0 Å². The molecule has 1 aromatic carbocycles. The molecule has 2 aromatic rings. The smallest absolute Gasteiger partial charge is 0.251 e. The van der Waals surface area contributed by atoms with Crippen molar-refractivity contribution in [1.29, 1.82) is 0 Å². The molecule has 0 bridgehead atoms. The van der Waals surface area contributed by atoms with Crippen molar-refractivity contribution < 1.29 is 14.6 Å². The maximum Gasteiger partial charge on any atom is 0.251 e. The number of nitrogens with one attached hydrogen (secondary N) is 1. The average Bonchev–Trinajstić information content (AvgIpc) is 2.81. The summed E-state index contributed by atoms with van der Waals surface area (Å²) < 4.78 is 5.98. The predicted molar refractivity (Wildman–Crippen MR) is 130 cm³/mol. The van der Waals surface area contributed by atoms with Gasteiger partial charge in [-0.2, -0.15) is 0 Å². The van der Waals surface area contributed by atoms with E-state index >= 15 is 0 Å². The zero-order valence-electron chi connectivity index (χ0n) is 19.4. The molecule has 180 valence electrons. The van der Waals surface area contributed by atoms with Gasteiger partial charge in [-0.05, 0) is 68.7 Å². The van der Waals surface area contributed by atoms with Crippen molar-refractivity contribution in [3.63, 3.8) is 0 Å². The highest BCUT2D eigenvalue weighted by Gasteiger charge is 2.21. The molecule has 4 N–H and O–H groups in total. The molecular weight excluding hydrogens is 442 g/mol. The van der Waals surface area contributed by atoms with E-state index in [1.165, 1.54) is 0 Å². The van der Waals surface area contributed by atoms with Crippen LogP contribution in [0.1, 0.15) is 47.2 Å². The third kappa shape index (κ3) is 7.28.